The molecule has 30 heavy (non-hydrogen) atoms. The minimum Gasteiger partial charge on any atom is -0.493 e. The average Bonchev–Trinajstić information content (AvgIpc) is 2.64. The summed E-state index contributed by atoms with van der Waals surface area (Å²) in [5.41, 5.74) is -3.50. The molecule has 11 heteroatoms. The number of amides is 1. The molecule has 0 saturated carbocycles. The Kier molecular flexibility index (Phi) is 6.63. The summed E-state index contributed by atoms with van der Waals surface area (Å²) < 4.78 is 87.5. The van der Waals surface area contributed by atoms with Crippen LogP contribution in [0, 0.1) is 0 Å². The van der Waals surface area contributed by atoms with Crippen LogP contribution in [-0.2, 0) is 17.1 Å². The van der Waals surface area contributed by atoms with Crippen molar-refractivity contribution in [3.63, 3.8) is 0 Å². The average molecular weight is 435 g/mol. The molecule has 0 saturated heterocycles. The molecule has 0 heterocycles. The number of benzene rings is 2. The number of hydrogen-bond acceptors (Lipinski definition) is 4. The van der Waals surface area contributed by atoms with Crippen LogP contribution in [0.5, 0.6) is 11.5 Å². The number of alkyl halides is 6. The number of carbonyl (C=O) groups is 2. The highest BCUT2D eigenvalue weighted by atomic mass is 19.4. The Hall–Kier alpha value is -3.24. The van der Waals surface area contributed by atoms with Crippen LogP contribution in [-0.4, -0.2) is 25.4 Å². The summed E-state index contributed by atoms with van der Waals surface area (Å²) in [4.78, 5) is 23.4. The van der Waals surface area contributed by atoms with E-state index in [1.54, 1.807) is 0 Å². The van der Waals surface area contributed by atoms with Crippen LogP contribution in [0.3, 0.4) is 0 Å². The normalized spacial score (nSPS) is 11.7. The van der Waals surface area contributed by atoms with E-state index < -0.39 is 41.7 Å². The maximum absolute atomic E-state index is 12.9. The molecule has 0 aliphatic heterocycles. The van der Waals surface area contributed by atoms with E-state index in [1.807, 2.05) is 5.32 Å². The van der Waals surface area contributed by atoms with E-state index in [2.05, 4.69) is 0 Å². The number of anilines is 1. The van der Waals surface area contributed by atoms with Crippen LogP contribution in [0.4, 0.5) is 32.0 Å². The van der Waals surface area contributed by atoms with Crippen molar-refractivity contribution in [1.82, 2.24) is 0 Å². The van der Waals surface area contributed by atoms with Crippen molar-refractivity contribution in [3.8, 4) is 11.5 Å². The highest BCUT2D eigenvalue weighted by Crippen LogP contribution is 2.37. The Balaban J connectivity index is 2.18. The number of methoxy groups -OCH3 is 1. The number of halogens is 6. The molecule has 0 aromatic heterocycles. The lowest BCUT2D eigenvalue weighted by atomic mass is 10.1. The number of Topliss-reactive ketones (excluding diaryl/α,β-unsaturated/α-hetero) is 1. The molecule has 0 aliphatic rings. The third-order valence-electron chi connectivity index (χ3n) is 3.80. The van der Waals surface area contributed by atoms with E-state index in [4.69, 9.17) is 9.47 Å². The van der Waals surface area contributed by atoms with Gasteiger partial charge in [0.15, 0.2) is 23.9 Å². The van der Waals surface area contributed by atoms with Crippen molar-refractivity contribution >= 4 is 17.4 Å². The smallest absolute Gasteiger partial charge is 0.416 e. The van der Waals surface area contributed by atoms with Crippen molar-refractivity contribution in [1.29, 1.82) is 0 Å². The lowest BCUT2D eigenvalue weighted by molar-refractivity contribution is -0.143. The molecule has 2 aromatic rings. The molecule has 0 spiro atoms. The predicted octanol–water partition coefficient (Wildman–Crippen LogP) is 4.95. The molecule has 5 nitrogen and oxygen atoms in total. The monoisotopic (exact) mass is 435 g/mol. The van der Waals surface area contributed by atoms with Crippen LogP contribution >= 0.6 is 0 Å². The highest BCUT2D eigenvalue weighted by Gasteiger charge is 2.37. The minimum absolute atomic E-state index is 0.0480. The molecular formula is C19H15F6NO4. The van der Waals surface area contributed by atoms with Crippen LogP contribution < -0.4 is 14.8 Å². The molecule has 0 unspecified atom stereocenters. The van der Waals surface area contributed by atoms with E-state index in [-0.39, 0.29) is 23.3 Å². The van der Waals surface area contributed by atoms with Gasteiger partial charge in [-0.15, -0.1) is 0 Å². The van der Waals surface area contributed by atoms with Gasteiger partial charge >= 0.3 is 12.4 Å². The number of nitrogens with one attached hydrogen (secondary N) is 1. The van der Waals surface area contributed by atoms with Crippen LogP contribution in [0.2, 0.25) is 0 Å². The second-order valence-electron chi connectivity index (χ2n) is 6.05. The van der Waals surface area contributed by atoms with Crippen LogP contribution in [0.25, 0.3) is 0 Å². The summed E-state index contributed by atoms with van der Waals surface area (Å²) in [5, 5.41) is 1.95. The lowest BCUT2D eigenvalue weighted by Crippen LogP contribution is -2.21. The van der Waals surface area contributed by atoms with Crippen LogP contribution in [0.1, 0.15) is 28.4 Å². The van der Waals surface area contributed by atoms with Gasteiger partial charge in [-0.1, -0.05) is 0 Å². The molecule has 0 radical (unpaired) electrons. The molecule has 162 valence electrons. The van der Waals surface area contributed by atoms with Gasteiger partial charge in [-0.25, -0.2) is 0 Å². The summed E-state index contributed by atoms with van der Waals surface area (Å²) in [6.07, 6.45) is -10.1. The van der Waals surface area contributed by atoms with E-state index in [1.165, 1.54) is 32.2 Å². The summed E-state index contributed by atoms with van der Waals surface area (Å²) in [6.45, 7) is 0.598. The third-order valence-corrected chi connectivity index (χ3v) is 3.80. The van der Waals surface area contributed by atoms with Crippen molar-refractivity contribution < 1.29 is 45.4 Å². The Morgan fingerprint density at radius 1 is 0.900 bits per heavy atom. The van der Waals surface area contributed by atoms with Gasteiger partial charge < -0.3 is 14.8 Å². The fraction of sp³-hybridized carbons (Fsp3) is 0.263. The maximum Gasteiger partial charge on any atom is 0.416 e. The quantitative estimate of drug-likeness (QED) is 0.515. The van der Waals surface area contributed by atoms with Crippen molar-refractivity contribution in [2.45, 2.75) is 19.3 Å². The lowest BCUT2D eigenvalue weighted by Gasteiger charge is -2.15. The van der Waals surface area contributed by atoms with Crippen molar-refractivity contribution in [3.05, 3.63) is 53.1 Å². The first-order valence-electron chi connectivity index (χ1n) is 8.22. The summed E-state index contributed by atoms with van der Waals surface area (Å²) in [7, 11) is 1.29. The Labute approximate surface area is 166 Å². The molecule has 2 rings (SSSR count). The van der Waals surface area contributed by atoms with E-state index >= 15 is 0 Å². The Morgan fingerprint density at radius 2 is 1.47 bits per heavy atom. The van der Waals surface area contributed by atoms with Gasteiger partial charge in [0.2, 0.25) is 0 Å². The maximum atomic E-state index is 12.9. The molecular weight excluding hydrogens is 420 g/mol. The molecule has 0 fully saturated rings. The van der Waals surface area contributed by atoms with Crippen molar-refractivity contribution in [2.24, 2.45) is 0 Å². The van der Waals surface area contributed by atoms with Gasteiger partial charge in [-0.2, -0.15) is 26.3 Å². The summed E-state index contributed by atoms with van der Waals surface area (Å²) >= 11 is 0. The first-order valence-corrected chi connectivity index (χ1v) is 8.22. The fourth-order valence-electron chi connectivity index (χ4n) is 2.37. The van der Waals surface area contributed by atoms with Gasteiger partial charge in [0.25, 0.3) is 5.91 Å². The zero-order valence-corrected chi connectivity index (χ0v) is 15.6. The van der Waals surface area contributed by atoms with Gasteiger partial charge in [-0.3, -0.25) is 9.59 Å². The van der Waals surface area contributed by atoms with Gasteiger partial charge in [0, 0.05) is 11.3 Å². The topological polar surface area (TPSA) is 64.6 Å². The molecule has 1 amide bonds. The number of hydrogen-bond donors (Lipinski definition) is 1. The highest BCUT2D eigenvalue weighted by molar-refractivity contribution is 5.95. The molecule has 1 N–H and O–H groups in total. The second-order valence-corrected chi connectivity index (χ2v) is 6.05. The Morgan fingerprint density at radius 3 is 1.93 bits per heavy atom. The minimum atomic E-state index is -5.04. The molecule has 0 aliphatic carbocycles. The van der Waals surface area contributed by atoms with Gasteiger partial charge in [-0.05, 0) is 43.3 Å². The number of ketones is 1. The first-order chi connectivity index (χ1) is 13.8. The zero-order valence-electron chi connectivity index (χ0n) is 15.6. The third kappa shape index (κ3) is 5.88. The largest absolute Gasteiger partial charge is 0.493 e. The SMILES string of the molecule is COc1cc(C(C)=O)ccc1OCC(=O)Nc1cc(C(F)(F)F)cc(C(F)(F)F)c1. The van der Waals surface area contributed by atoms with E-state index in [0.717, 1.165) is 0 Å². The standard InChI is InChI=1S/C19H15F6NO4/c1-10(27)11-3-4-15(16(5-11)29-2)30-9-17(28)26-14-7-12(18(20,21)22)6-13(8-14)19(23,24)25/h3-8H,9H2,1-2H3,(H,26,28). The Bertz CT molecular complexity index is 921. The summed E-state index contributed by atoms with van der Waals surface area (Å²) in [6, 6.07) is 4.83. The van der Waals surface area contributed by atoms with Gasteiger partial charge in [0.1, 0.15) is 0 Å². The van der Waals surface area contributed by atoms with E-state index in [0.29, 0.717) is 17.7 Å². The molecule has 2 aromatic carbocycles. The molecule has 0 bridgehead atoms. The van der Waals surface area contributed by atoms with E-state index in [9.17, 15) is 35.9 Å². The van der Waals surface area contributed by atoms with Crippen molar-refractivity contribution in [2.75, 3.05) is 19.0 Å². The van der Waals surface area contributed by atoms with Gasteiger partial charge in [0.05, 0.1) is 18.2 Å². The predicted molar refractivity (Wildman–Crippen MR) is 93.6 cm³/mol. The second kappa shape index (κ2) is 8.64. The number of carbonyl (C=O) groups excluding carboxylic acids is 2. The zero-order chi connectivity index (χ0) is 22.7. The number of rotatable bonds is 6. The molecule has 0 atom stereocenters. The summed E-state index contributed by atoms with van der Waals surface area (Å²) in [5.74, 6) is -1.07. The number of ether oxygens (including phenoxy) is 2. The van der Waals surface area contributed by atoms with Crippen LogP contribution in [0.15, 0.2) is 36.4 Å². The first kappa shape index (κ1) is 23.0. The fourth-order valence-corrected chi connectivity index (χ4v) is 2.37.